The molecule has 1 aromatic rings. The number of nitrogens with one attached hydrogen (secondary N) is 1. The molecule has 0 saturated heterocycles. The molecule has 1 aromatic carbocycles. The Morgan fingerprint density at radius 2 is 1.91 bits per heavy atom. The van der Waals surface area contributed by atoms with Gasteiger partial charge in [0.1, 0.15) is 5.25 Å². The monoisotopic (exact) mass is 325 g/mol. The van der Waals surface area contributed by atoms with Crippen molar-refractivity contribution in [3.05, 3.63) is 29.8 Å². The lowest BCUT2D eigenvalue weighted by Crippen LogP contribution is -2.36. The van der Waals surface area contributed by atoms with E-state index >= 15 is 0 Å². The van der Waals surface area contributed by atoms with Crippen LogP contribution in [-0.4, -0.2) is 42.0 Å². The van der Waals surface area contributed by atoms with Crippen molar-refractivity contribution in [2.24, 2.45) is 5.92 Å². The average Bonchev–Trinajstić information content (AvgIpc) is 2.47. The summed E-state index contributed by atoms with van der Waals surface area (Å²) in [6, 6.07) is 7.01. The number of aliphatic carboxylic acids is 1. The Balaban J connectivity index is 2.79. The van der Waals surface area contributed by atoms with E-state index in [1.165, 1.54) is 0 Å². The van der Waals surface area contributed by atoms with Crippen molar-refractivity contribution in [3.8, 4) is 0 Å². The Hall–Kier alpha value is -1.53. The molecule has 5 nitrogen and oxygen atoms in total. The zero-order valence-corrected chi connectivity index (χ0v) is 14.1. The van der Waals surface area contributed by atoms with Gasteiger partial charge >= 0.3 is 5.97 Å². The molecule has 0 aliphatic heterocycles. The predicted octanol–water partition coefficient (Wildman–Crippen LogP) is 2.65. The van der Waals surface area contributed by atoms with Crippen molar-refractivity contribution in [1.82, 2.24) is 5.32 Å². The van der Waals surface area contributed by atoms with Crippen molar-refractivity contribution in [2.45, 2.75) is 37.0 Å². The molecule has 6 heteroatoms. The summed E-state index contributed by atoms with van der Waals surface area (Å²) in [7, 11) is 1.62. The summed E-state index contributed by atoms with van der Waals surface area (Å²) in [5.41, 5.74) is 0.485. The van der Waals surface area contributed by atoms with Gasteiger partial charge in [-0.05, 0) is 25.0 Å². The molecule has 2 N–H and O–H groups in total. The molecule has 122 valence electrons. The van der Waals surface area contributed by atoms with Crippen LogP contribution in [0, 0.1) is 5.92 Å². The quantitative estimate of drug-likeness (QED) is 0.719. The van der Waals surface area contributed by atoms with E-state index in [0.29, 0.717) is 22.9 Å². The first kappa shape index (κ1) is 18.5. The van der Waals surface area contributed by atoms with Crippen molar-refractivity contribution in [1.29, 1.82) is 0 Å². The van der Waals surface area contributed by atoms with Crippen LogP contribution in [0.4, 0.5) is 0 Å². The summed E-state index contributed by atoms with van der Waals surface area (Å²) in [5, 5.41) is 11.2. The third kappa shape index (κ3) is 5.35. The fourth-order valence-electron chi connectivity index (χ4n) is 1.88. The Bertz CT molecular complexity index is 519. The summed E-state index contributed by atoms with van der Waals surface area (Å²) in [5.74, 6) is -0.829. The van der Waals surface area contributed by atoms with Crippen LogP contribution >= 0.6 is 11.8 Å². The Kier molecular flexibility index (Phi) is 7.41. The predicted molar refractivity (Wildman–Crippen MR) is 87.4 cm³/mol. The number of benzene rings is 1. The summed E-state index contributed by atoms with van der Waals surface area (Å²) in [6.45, 7) is 6.07. The zero-order chi connectivity index (χ0) is 16.7. The maximum atomic E-state index is 12.3. The molecule has 0 aliphatic carbocycles. The number of thioether (sulfide) groups is 1. The van der Waals surface area contributed by atoms with E-state index in [9.17, 15) is 9.59 Å². The lowest BCUT2D eigenvalue weighted by Gasteiger charge is -2.20. The van der Waals surface area contributed by atoms with Crippen molar-refractivity contribution in [2.75, 3.05) is 13.7 Å². The van der Waals surface area contributed by atoms with Crippen molar-refractivity contribution in [3.63, 3.8) is 0 Å². The van der Waals surface area contributed by atoms with Crippen LogP contribution in [0.3, 0.4) is 0 Å². The first-order chi connectivity index (χ1) is 10.4. The third-order valence-electron chi connectivity index (χ3n) is 3.29. The van der Waals surface area contributed by atoms with E-state index in [0.717, 1.165) is 11.8 Å². The maximum Gasteiger partial charge on any atom is 0.316 e. The van der Waals surface area contributed by atoms with Gasteiger partial charge in [0, 0.05) is 18.6 Å². The summed E-state index contributed by atoms with van der Waals surface area (Å²) in [4.78, 5) is 24.0. The normalized spacial score (nSPS) is 13.7. The second-order valence-corrected chi connectivity index (χ2v) is 6.71. The molecule has 0 fully saturated rings. The Labute approximate surface area is 135 Å². The van der Waals surface area contributed by atoms with Gasteiger partial charge in [-0.2, -0.15) is 0 Å². The largest absolute Gasteiger partial charge is 0.480 e. The van der Waals surface area contributed by atoms with Crippen LogP contribution < -0.4 is 5.32 Å². The molecule has 0 aromatic heterocycles. The lowest BCUT2D eigenvalue weighted by molar-refractivity contribution is -0.136. The summed E-state index contributed by atoms with van der Waals surface area (Å²) >= 11 is 1.16. The van der Waals surface area contributed by atoms with Crippen LogP contribution in [0.1, 0.15) is 31.1 Å². The molecular weight excluding hydrogens is 302 g/mol. The van der Waals surface area contributed by atoms with E-state index in [4.69, 9.17) is 9.84 Å². The summed E-state index contributed by atoms with van der Waals surface area (Å²) in [6.07, 6.45) is -0.0540. The molecule has 2 unspecified atom stereocenters. The summed E-state index contributed by atoms with van der Waals surface area (Å²) < 4.78 is 5.33. The van der Waals surface area contributed by atoms with E-state index < -0.39 is 11.2 Å². The number of carboxylic acids is 1. The van der Waals surface area contributed by atoms with E-state index in [1.54, 1.807) is 38.3 Å². The number of carbonyl (C=O) groups excluding carboxylic acids is 1. The number of hydrogen-bond donors (Lipinski definition) is 2. The van der Waals surface area contributed by atoms with Crippen LogP contribution in [0.15, 0.2) is 29.2 Å². The first-order valence-corrected chi connectivity index (χ1v) is 8.04. The number of hydrogen-bond acceptors (Lipinski definition) is 4. The lowest BCUT2D eigenvalue weighted by atomic mass is 10.1. The van der Waals surface area contributed by atoms with E-state index in [2.05, 4.69) is 5.32 Å². The van der Waals surface area contributed by atoms with Gasteiger partial charge in [0.25, 0.3) is 5.91 Å². The molecule has 0 spiro atoms. The minimum atomic E-state index is -0.903. The Morgan fingerprint density at radius 3 is 2.45 bits per heavy atom. The second kappa shape index (κ2) is 8.80. The van der Waals surface area contributed by atoms with E-state index in [-0.39, 0.29) is 12.0 Å². The van der Waals surface area contributed by atoms with Crippen LogP contribution in [0.2, 0.25) is 0 Å². The second-order valence-electron chi connectivity index (χ2n) is 5.32. The van der Waals surface area contributed by atoms with Gasteiger partial charge in [0.2, 0.25) is 0 Å². The standard InChI is InChI=1S/C16H23NO4S/c1-10(2)13(21-4)9-17-15(18)12-7-5-6-8-14(12)22-11(3)16(19)20/h5-8,10-11,13H,9H2,1-4H3,(H,17,18)(H,19,20). The van der Waals surface area contributed by atoms with Gasteiger partial charge < -0.3 is 15.2 Å². The molecule has 0 saturated carbocycles. The molecule has 22 heavy (non-hydrogen) atoms. The molecule has 1 rings (SSSR count). The minimum absolute atomic E-state index is 0.0540. The molecule has 2 atom stereocenters. The van der Waals surface area contributed by atoms with Gasteiger partial charge in [-0.3, -0.25) is 9.59 Å². The average molecular weight is 325 g/mol. The first-order valence-electron chi connectivity index (χ1n) is 7.16. The third-order valence-corrected chi connectivity index (χ3v) is 4.46. The number of amides is 1. The highest BCUT2D eigenvalue weighted by Crippen LogP contribution is 2.27. The molecule has 0 aliphatic rings. The topological polar surface area (TPSA) is 75.6 Å². The van der Waals surface area contributed by atoms with Crippen LogP contribution in [-0.2, 0) is 9.53 Å². The molecule has 0 radical (unpaired) electrons. The van der Waals surface area contributed by atoms with Gasteiger partial charge in [-0.1, -0.05) is 26.0 Å². The Morgan fingerprint density at radius 1 is 1.27 bits per heavy atom. The fourth-order valence-corrected chi connectivity index (χ4v) is 2.80. The number of carbonyl (C=O) groups is 2. The molecule has 0 heterocycles. The van der Waals surface area contributed by atoms with Crippen LogP contribution in [0.5, 0.6) is 0 Å². The minimum Gasteiger partial charge on any atom is -0.480 e. The highest BCUT2D eigenvalue weighted by Gasteiger charge is 2.19. The van der Waals surface area contributed by atoms with Crippen LogP contribution in [0.25, 0.3) is 0 Å². The van der Waals surface area contributed by atoms with Crippen molar-refractivity contribution >= 4 is 23.6 Å². The van der Waals surface area contributed by atoms with Gasteiger partial charge in [-0.15, -0.1) is 11.8 Å². The molecule has 0 bridgehead atoms. The molecular formula is C16H23NO4S. The highest BCUT2D eigenvalue weighted by molar-refractivity contribution is 8.00. The fraction of sp³-hybridized carbons (Fsp3) is 0.500. The van der Waals surface area contributed by atoms with E-state index in [1.807, 2.05) is 13.8 Å². The highest BCUT2D eigenvalue weighted by atomic mass is 32.2. The van der Waals surface area contributed by atoms with Gasteiger partial charge in [0.15, 0.2) is 0 Å². The SMILES string of the molecule is COC(CNC(=O)c1ccccc1SC(C)C(=O)O)C(C)C. The number of rotatable bonds is 8. The molecule has 1 amide bonds. The number of ether oxygens (including phenoxy) is 1. The number of methoxy groups -OCH3 is 1. The smallest absolute Gasteiger partial charge is 0.316 e. The van der Waals surface area contributed by atoms with Gasteiger partial charge in [-0.25, -0.2) is 0 Å². The maximum absolute atomic E-state index is 12.3. The zero-order valence-electron chi connectivity index (χ0n) is 13.3. The van der Waals surface area contributed by atoms with Crippen molar-refractivity contribution < 1.29 is 19.4 Å². The van der Waals surface area contributed by atoms with Gasteiger partial charge in [0.05, 0.1) is 11.7 Å². The number of carboxylic acid groups (broad SMARTS) is 1.